The van der Waals surface area contributed by atoms with E-state index < -0.39 is 10.0 Å². The van der Waals surface area contributed by atoms with E-state index in [0.717, 1.165) is 5.56 Å². The molecule has 1 aromatic carbocycles. The fourth-order valence-corrected chi connectivity index (χ4v) is 4.15. The predicted molar refractivity (Wildman–Crippen MR) is 85.0 cm³/mol. The highest BCUT2D eigenvalue weighted by Crippen LogP contribution is 2.14. The number of sulfonamides is 1. The van der Waals surface area contributed by atoms with Crippen molar-refractivity contribution < 1.29 is 12.8 Å². The molecule has 0 saturated carbocycles. The van der Waals surface area contributed by atoms with Crippen molar-refractivity contribution in [3.05, 3.63) is 47.7 Å². The highest BCUT2D eigenvalue weighted by atomic mass is 32.2. The van der Waals surface area contributed by atoms with E-state index in [-0.39, 0.29) is 5.75 Å². The van der Waals surface area contributed by atoms with E-state index >= 15 is 0 Å². The number of piperazine rings is 1. The molecule has 0 amide bonds. The molecule has 8 heteroatoms. The van der Waals surface area contributed by atoms with Crippen LogP contribution < -0.4 is 0 Å². The van der Waals surface area contributed by atoms with Crippen LogP contribution in [0.4, 0.5) is 0 Å². The van der Waals surface area contributed by atoms with Gasteiger partial charge in [-0.25, -0.2) is 8.42 Å². The highest BCUT2D eigenvalue weighted by molar-refractivity contribution is 7.88. The zero-order valence-electron chi connectivity index (χ0n) is 13.1. The Labute approximate surface area is 136 Å². The van der Waals surface area contributed by atoms with Crippen molar-refractivity contribution in [3.63, 3.8) is 0 Å². The monoisotopic (exact) mass is 336 g/mol. The van der Waals surface area contributed by atoms with Crippen LogP contribution in [0.1, 0.15) is 17.3 Å². The zero-order chi connectivity index (χ0) is 16.3. The standard InChI is InChI=1S/C15H20N4O3S/c1-13-16-17-15(22-13)11-18-7-9-19(10-8-18)23(20,21)12-14-5-3-2-4-6-14/h2-6H,7-12H2,1H3. The summed E-state index contributed by atoms with van der Waals surface area (Å²) in [6.07, 6.45) is 0. The van der Waals surface area contributed by atoms with Crippen LogP contribution >= 0.6 is 0 Å². The number of hydrogen-bond acceptors (Lipinski definition) is 6. The summed E-state index contributed by atoms with van der Waals surface area (Å²) < 4.78 is 31.9. The molecule has 0 N–H and O–H groups in total. The Balaban J connectivity index is 1.55. The first-order chi connectivity index (χ1) is 11.0. The van der Waals surface area contributed by atoms with Gasteiger partial charge in [0, 0.05) is 33.1 Å². The van der Waals surface area contributed by atoms with Crippen LogP contribution in [0.25, 0.3) is 0 Å². The summed E-state index contributed by atoms with van der Waals surface area (Å²) in [5, 5.41) is 7.78. The third-order valence-electron chi connectivity index (χ3n) is 3.84. The van der Waals surface area contributed by atoms with Gasteiger partial charge in [0.05, 0.1) is 12.3 Å². The van der Waals surface area contributed by atoms with E-state index in [4.69, 9.17) is 4.42 Å². The fraction of sp³-hybridized carbons (Fsp3) is 0.467. The van der Waals surface area contributed by atoms with Gasteiger partial charge in [0.1, 0.15) is 0 Å². The Morgan fingerprint density at radius 3 is 2.39 bits per heavy atom. The van der Waals surface area contributed by atoms with Gasteiger partial charge in [-0.05, 0) is 5.56 Å². The second kappa shape index (κ2) is 6.77. The first kappa shape index (κ1) is 16.1. The van der Waals surface area contributed by atoms with Crippen LogP contribution in [-0.4, -0.2) is 54.0 Å². The number of benzene rings is 1. The molecule has 0 unspecified atom stereocenters. The summed E-state index contributed by atoms with van der Waals surface area (Å²) >= 11 is 0. The average Bonchev–Trinajstić information content (AvgIpc) is 2.93. The molecule has 1 aromatic heterocycles. The predicted octanol–water partition coefficient (Wildman–Crippen LogP) is 1.03. The topological polar surface area (TPSA) is 79.5 Å². The summed E-state index contributed by atoms with van der Waals surface area (Å²) in [5.41, 5.74) is 0.816. The van der Waals surface area contributed by atoms with Crippen LogP contribution in [0.5, 0.6) is 0 Å². The van der Waals surface area contributed by atoms with Crippen LogP contribution in [-0.2, 0) is 22.3 Å². The summed E-state index contributed by atoms with van der Waals surface area (Å²) in [4.78, 5) is 2.13. The first-order valence-electron chi connectivity index (χ1n) is 7.56. The second-order valence-electron chi connectivity index (χ2n) is 5.63. The van der Waals surface area contributed by atoms with Gasteiger partial charge >= 0.3 is 0 Å². The first-order valence-corrected chi connectivity index (χ1v) is 9.17. The number of nitrogens with zero attached hydrogens (tertiary/aromatic N) is 4. The lowest BCUT2D eigenvalue weighted by Gasteiger charge is -2.33. The molecule has 0 radical (unpaired) electrons. The molecule has 7 nitrogen and oxygen atoms in total. The maximum absolute atomic E-state index is 12.5. The van der Waals surface area contributed by atoms with Gasteiger partial charge in [0.25, 0.3) is 0 Å². The molecule has 3 rings (SSSR count). The van der Waals surface area contributed by atoms with Gasteiger partial charge in [0.2, 0.25) is 21.8 Å². The summed E-state index contributed by atoms with van der Waals surface area (Å²) in [5.74, 6) is 1.17. The minimum atomic E-state index is -3.27. The third kappa shape index (κ3) is 4.15. The molecule has 2 heterocycles. The van der Waals surface area contributed by atoms with Crippen molar-refractivity contribution in [1.82, 2.24) is 19.4 Å². The van der Waals surface area contributed by atoms with E-state index in [2.05, 4.69) is 15.1 Å². The SMILES string of the molecule is Cc1nnc(CN2CCN(S(=O)(=O)Cc3ccccc3)CC2)o1. The molecule has 23 heavy (non-hydrogen) atoms. The van der Waals surface area contributed by atoms with Crippen LogP contribution in [0.15, 0.2) is 34.7 Å². The molecular formula is C15H20N4O3S. The van der Waals surface area contributed by atoms with Crippen LogP contribution in [0.2, 0.25) is 0 Å². The zero-order valence-corrected chi connectivity index (χ0v) is 13.9. The van der Waals surface area contributed by atoms with E-state index in [9.17, 15) is 8.42 Å². The quantitative estimate of drug-likeness (QED) is 0.811. The van der Waals surface area contributed by atoms with Gasteiger partial charge in [-0.1, -0.05) is 30.3 Å². The van der Waals surface area contributed by atoms with Crippen molar-refractivity contribution in [2.24, 2.45) is 0 Å². The van der Waals surface area contributed by atoms with Crippen LogP contribution in [0.3, 0.4) is 0 Å². The van der Waals surface area contributed by atoms with Crippen LogP contribution in [0, 0.1) is 6.92 Å². The summed E-state index contributed by atoms with van der Waals surface area (Å²) in [6, 6.07) is 9.27. The molecule has 1 aliphatic heterocycles. The minimum Gasteiger partial charge on any atom is -0.424 e. The maximum atomic E-state index is 12.5. The fourth-order valence-electron chi connectivity index (χ4n) is 2.63. The number of aryl methyl sites for hydroxylation is 1. The van der Waals surface area contributed by atoms with Gasteiger partial charge in [0.15, 0.2) is 0 Å². The molecule has 1 aliphatic rings. The smallest absolute Gasteiger partial charge is 0.230 e. The Morgan fingerprint density at radius 2 is 1.78 bits per heavy atom. The lowest BCUT2D eigenvalue weighted by Crippen LogP contribution is -2.48. The van der Waals surface area contributed by atoms with Crippen molar-refractivity contribution in [2.45, 2.75) is 19.2 Å². The number of hydrogen-bond donors (Lipinski definition) is 0. The Morgan fingerprint density at radius 1 is 1.09 bits per heavy atom. The molecule has 1 saturated heterocycles. The Bertz CT molecular complexity index is 737. The maximum Gasteiger partial charge on any atom is 0.230 e. The van der Waals surface area contributed by atoms with E-state index in [1.807, 2.05) is 30.3 Å². The molecule has 0 atom stereocenters. The average molecular weight is 336 g/mol. The number of aromatic nitrogens is 2. The highest BCUT2D eigenvalue weighted by Gasteiger charge is 2.27. The van der Waals surface area contributed by atoms with E-state index in [1.54, 1.807) is 11.2 Å². The molecule has 124 valence electrons. The minimum absolute atomic E-state index is 0.0523. The molecule has 0 aliphatic carbocycles. The van der Waals surface area contributed by atoms with E-state index in [0.29, 0.717) is 44.5 Å². The molecular weight excluding hydrogens is 316 g/mol. The van der Waals surface area contributed by atoms with Crippen molar-refractivity contribution >= 4 is 10.0 Å². The van der Waals surface area contributed by atoms with Gasteiger partial charge in [-0.15, -0.1) is 10.2 Å². The second-order valence-corrected chi connectivity index (χ2v) is 7.60. The van der Waals surface area contributed by atoms with Crippen molar-refractivity contribution in [1.29, 1.82) is 0 Å². The largest absolute Gasteiger partial charge is 0.424 e. The van der Waals surface area contributed by atoms with Gasteiger partial charge in [-0.3, -0.25) is 4.90 Å². The van der Waals surface area contributed by atoms with Crippen molar-refractivity contribution in [2.75, 3.05) is 26.2 Å². The lowest BCUT2D eigenvalue weighted by molar-refractivity contribution is 0.167. The van der Waals surface area contributed by atoms with Gasteiger partial charge in [-0.2, -0.15) is 4.31 Å². The normalized spacial score (nSPS) is 17.4. The Kier molecular flexibility index (Phi) is 4.74. The molecule has 1 fully saturated rings. The summed E-state index contributed by atoms with van der Waals surface area (Å²) in [6.45, 7) is 4.62. The summed E-state index contributed by atoms with van der Waals surface area (Å²) in [7, 11) is -3.27. The Hall–Kier alpha value is -1.77. The molecule has 0 spiro atoms. The lowest BCUT2D eigenvalue weighted by atomic mass is 10.2. The molecule has 2 aromatic rings. The van der Waals surface area contributed by atoms with Gasteiger partial charge < -0.3 is 4.42 Å². The van der Waals surface area contributed by atoms with Crippen molar-refractivity contribution in [3.8, 4) is 0 Å². The molecule has 0 bridgehead atoms. The van der Waals surface area contributed by atoms with E-state index in [1.165, 1.54) is 0 Å². The number of rotatable bonds is 5. The third-order valence-corrected chi connectivity index (χ3v) is 5.69.